The van der Waals surface area contributed by atoms with Crippen LogP contribution in [0.2, 0.25) is 0 Å². The first-order valence-electron chi connectivity index (χ1n) is 3.87. The standard InChI is InChI=1S/C8H11F2N3/c9-7(10)2-1-5-3-6(11)4-13-8(5)12/h3-4,7H,1-2,11H2,(H2,12,13). The van der Waals surface area contributed by atoms with Crippen molar-refractivity contribution >= 4 is 11.5 Å². The summed E-state index contributed by atoms with van der Waals surface area (Å²) in [6, 6.07) is 1.57. The number of hydrogen-bond acceptors (Lipinski definition) is 3. The molecule has 0 spiro atoms. The number of alkyl halides is 2. The van der Waals surface area contributed by atoms with Crippen LogP contribution in [-0.2, 0) is 6.42 Å². The molecule has 0 saturated heterocycles. The summed E-state index contributed by atoms with van der Waals surface area (Å²) in [5.41, 5.74) is 11.9. The predicted molar refractivity (Wildman–Crippen MR) is 47.4 cm³/mol. The summed E-state index contributed by atoms with van der Waals surface area (Å²) in [6.45, 7) is 0. The van der Waals surface area contributed by atoms with Crippen LogP contribution in [0.5, 0.6) is 0 Å². The van der Waals surface area contributed by atoms with Crippen molar-refractivity contribution in [1.29, 1.82) is 0 Å². The van der Waals surface area contributed by atoms with Gasteiger partial charge in [-0.25, -0.2) is 13.8 Å². The highest BCUT2D eigenvalue weighted by molar-refractivity contribution is 5.48. The third-order valence-electron chi connectivity index (χ3n) is 1.65. The Labute approximate surface area is 74.8 Å². The van der Waals surface area contributed by atoms with E-state index in [4.69, 9.17) is 11.5 Å². The number of rotatable bonds is 3. The number of aryl methyl sites for hydroxylation is 1. The van der Waals surface area contributed by atoms with Crippen molar-refractivity contribution in [1.82, 2.24) is 4.98 Å². The Morgan fingerprint density at radius 1 is 1.38 bits per heavy atom. The lowest BCUT2D eigenvalue weighted by atomic mass is 10.1. The smallest absolute Gasteiger partial charge is 0.239 e. The van der Waals surface area contributed by atoms with Crippen LogP contribution in [0.15, 0.2) is 12.3 Å². The number of halogens is 2. The van der Waals surface area contributed by atoms with Crippen molar-refractivity contribution in [2.45, 2.75) is 19.3 Å². The SMILES string of the molecule is Nc1cnc(N)c(CCC(F)F)c1. The Morgan fingerprint density at radius 3 is 2.69 bits per heavy atom. The van der Waals surface area contributed by atoms with E-state index in [0.29, 0.717) is 11.3 Å². The molecule has 0 bridgehead atoms. The number of pyridine rings is 1. The fourth-order valence-electron chi connectivity index (χ4n) is 1.00. The van der Waals surface area contributed by atoms with Gasteiger partial charge in [0, 0.05) is 6.42 Å². The van der Waals surface area contributed by atoms with Crippen LogP contribution in [0.3, 0.4) is 0 Å². The summed E-state index contributed by atoms with van der Waals surface area (Å²) in [5.74, 6) is 0.273. The monoisotopic (exact) mass is 187 g/mol. The van der Waals surface area contributed by atoms with Gasteiger partial charge in [-0.15, -0.1) is 0 Å². The summed E-state index contributed by atoms with van der Waals surface area (Å²) < 4.78 is 23.7. The average Bonchev–Trinajstić information content (AvgIpc) is 2.06. The third kappa shape index (κ3) is 2.85. The maximum absolute atomic E-state index is 11.9. The van der Waals surface area contributed by atoms with Crippen LogP contribution in [0.1, 0.15) is 12.0 Å². The minimum atomic E-state index is -2.32. The molecule has 0 atom stereocenters. The van der Waals surface area contributed by atoms with E-state index in [1.165, 1.54) is 6.20 Å². The van der Waals surface area contributed by atoms with Crippen LogP contribution in [-0.4, -0.2) is 11.4 Å². The molecule has 0 aliphatic heterocycles. The largest absolute Gasteiger partial charge is 0.397 e. The van der Waals surface area contributed by atoms with E-state index >= 15 is 0 Å². The molecule has 0 amide bonds. The molecule has 0 aliphatic rings. The van der Waals surface area contributed by atoms with Crippen LogP contribution in [0, 0.1) is 0 Å². The number of anilines is 2. The van der Waals surface area contributed by atoms with Crippen LogP contribution >= 0.6 is 0 Å². The topological polar surface area (TPSA) is 64.9 Å². The minimum absolute atomic E-state index is 0.210. The zero-order chi connectivity index (χ0) is 9.84. The molecule has 72 valence electrons. The first-order valence-corrected chi connectivity index (χ1v) is 3.87. The second-order valence-corrected chi connectivity index (χ2v) is 2.74. The van der Waals surface area contributed by atoms with Gasteiger partial charge in [0.1, 0.15) is 5.82 Å². The molecule has 4 N–H and O–H groups in total. The summed E-state index contributed by atoms with van der Waals surface area (Å²) in [7, 11) is 0. The van der Waals surface area contributed by atoms with E-state index in [1.54, 1.807) is 6.07 Å². The lowest BCUT2D eigenvalue weighted by Gasteiger charge is -2.04. The first kappa shape index (κ1) is 9.70. The molecule has 0 fully saturated rings. The molecule has 5 heteroatoms. The minimum Gasteiger partial charge on any atom is -0.397 e. The molecule has 1 aromatic rings. The van der Waals surface area contributed by atoms with Gasteiger partial charge in [-0.05, 0) is 18.1 Å². The van der Waals surface area contributed by atoms with Gasteiger partial charge in [-0.1, -0.05) is 0 Å². The normalized spacial score (nSPS) is 10.7. The van der Waals surface area contributed by atoms with Crippen molar-refractivity contribution in [3.8, 4) is 0 Å². The highest BCUT2D eigenvalue weighted by Crippen LogP contribution is 2.15. The van der Waals surface area contributed by atoms with E-state index in [2.05, 4.69) is 4.98 Å². The fraction of sp³-hybridized carbons (Fsp3) is 0.375. The zero-order valence-electron chi connectivity index (χ0n) is 7.00. The van der Waals surface area contributed by atoms with Gasteiger partial charge in [0.25, 0.3) is 0 Å². The number of nitrogen functional groups attached to an aromatic ring is 2. The molecular weight excluding hydrogens is 176 g/mol. The summed E-state index contributed by atoms with van der Waals surface area (Å²) in [6.07, 6.45) is -0.918. The lowest BCUT2D eigenvalue weighted by molar-refractivity contribution is 0.138. The van der Waals surface area contributed by atoms with Gasteiger partial charge >= 0.3 is 0 Å². The zero-order valence-corrected chi connectivity index (χ0v) is 7.00. The van der Waals surface area contributed by atoms with Gasteiger partial charge in [-0.2, -0.15) is 0 Å². The highest BCUT2D eigenvalue weighted by Gasteiger charge is 2.06. The second kappa shape index (κ2) is 4.02. The van der Waals surface area contributed by atoms with Gasteiger partial charge in [0.05, 0.1) is 11.9 Å². The molecule has 0 aliphatic carbocycles. The molecule has 0 unspecified atom stereocenters. The van der Waals surface area contributed by atoms with Crippen molar-refractivity contribution in [3.05, 3.63) is 17.8 Å². The average molecular weight is 187 g/mol. The Kier molecular flexibility index (Phi) is 3.00. The Hall–Kier alpha value is -1.39. The van der Waals surface area contributed by atoms with Crippen molar-refractivity contribution in [3.63, 3.8) is 0 Å². The Balaban J connectivity index is 2.70. The molecule has 13 heavy (non-hydrogen) atoms. The van der Waals surface area contributed by atoms with Gasteiger partial charge in [0.2, 0.25) is 6.43 Å². The number of aromatic nitrogens is 1. The molecule has 1 aromatic heterocycles. The number of nitrogens with two attached hydrogens (primary N) is 2. The molecule has 1 heterocycles. The predicted octanol–water partition coefficient (Wildman–Crippen LogP) is 1.44. The van der Waals surface area contributed by atoms with E-state index < -0.39 is 6.43 Å². The summed E-state index contributed by atoms with van der Waals surface area (Å²) >= 11 is 0. The number of hydrogen-bond donors (Lipinski definition) is 2. The molecule has 0 aromatic carbocycles. The van der Waals surface area contributed by atoms with Crippen LogP contribution < -0.4 is 11.5 Å². The quantitative estimate of drug-likeness (QED) is 0.752. The highest BCUT2D eigenvalue weighted by atomic mass is 19.3. The maximum Gasteiger partial charge on any atom is 0.239 e. The summed E-state index contributed by atoms with van der Waals surface area (Å²) in [4.78, 5) is 3.76. The second-order valence-electron chi connectivity index (χ2n) is 2.74. The van der Waals surface area contributed by atoms with Gasteiger partial charge in [0.15, 0.2) is 0 Å². The van der Waals surface area contributed by atoms with E-state index in [-0.39, 0.29) is 18.7 Å². The maximum atomic E-state index is 11.9. The Morgan fingerprint density at radius 2 is 2.08 bits per heavy atom. The van der Waals surface area contributed by atoms with E-state index in [0.717, 1.165) is 0 Å². The lowest BCUT2D eigenvalue weighted by Crippen LogP contribution is -2.02. The summed E-state index contributed by atoms with van der Waals surface area (Å²) in [5, 5.41) is 0. The molecule has 0 saturated carbocycles. The van der Waals surface area contributed by atoms with Crippen LogP contribution in [0.25, 0.3) is 0 Å². The molecule has 0 radical (unpaired) electrons. The van der Waals surface area contributed by atoms with Gasteiger partial charge < -0.3 is 11.5 Å². The van der Waals surface area contributed by atoms with Crippen LogP contribution in [0.4, 0.5) is 20.3 Å². The fourth-order valence-corrected chi connectivity index (χ4v) is 1.00. The molecule has 1 rings (SSSR count). The van der Waals surface area contributed by atoms with Gasteiger partial charge in [-0.3, -0.25) is 0 Å². The van der Waals surface area contributed by atoms with E-state index in [1.807, 2.05) is 0 Å². The molecule has 3 nitrogen and oxygen atoms in total. The van der Waals surface area contributed by atoms with Crippen molar-refractivity contribution in [2.75, 3.05) is 11.5 Å². The van der Waals surface area contributed by atoms with E-state index in [9.17, 15) is 8.78 Å². The molecular formula is C8H11F2N3. The third-order valence-corrected chi connectivity index (χ3v) is 1.65. The Bertz CT molecular complexity index is 289. The first-order chi connectivity index (χ1) is 6.09. The van der Waals surface area contributed by atoms with Crippen molar-refractivity contribution in [2.24, 2.45) is 0 Å². The van der Waals surface area contributed by atoms with Crippen molar-refractivity contribution < 1.29 is 8.78 Å². The number of nitrogens with zero attached hydrogens (tertiary/aromatic N) is 1.